The Labute approximate surface area is 106 Å². The number of carboxylic acid groups (broad SMARTS) is 1. The number of nitrogens with zero attached hydrogens (tertiary/aromatic N) is 2. The van der Waals surface area contributed by atoms with Crippen molar-refractivity contribution >= 4 is 22.4 Å². The van der Waals surface area contributed by atoms with Gasteiger partial charge in [0, 0.05) is 18.5 Å². The van der Waals surface area contributed by atoms with Crippen LogP contribution in [0.3, 0.4) is 0 Å². The number of rotatable bonds is 7. The van der Waals surface area contributed by atoms with Crippen molar-refractivity contribution in [2.24, 2.45) is 0 Å². The van der Waals surface area contributed by atoms with Crippen LogP contribution in [0.5, 0.6) is 0 Å². The summed E-state index contributed by atoms with van der Waals surface area (Å²) in [6.07, 6.45) is 1.16. The van der Waals surface area contributed by atoms with E-state index in [1.54, 1.807) is 11.3 Å². The fourth-order valence-electron chi connectivity index (χ4n) is 1.49. The van der Waals surface area contributed by atoms with E-state index in [0.29, 0.717) is 12.5 Å². The van der Waals surface area contributed by atoms with E-state index in [2.05, 4.69) is 36.0 Å². The van der Waals surface area contributed by atoms with Gasteiger partial charge >= 0.3 is 5.97 Å². The predicted octanol–water partition coefficient (Wildman–Crippen LogP) is 2.96. The summed E-state index contributed by atoms with van der Waals surface area (Å²) in [5, 5.41) is 11.7. The lowest BCUT2D eigenvalue weighted by molar-refractivity contribution is -0.136. The van der Waals surface area contributed by atoms with Crippen molar-refractivity contribution in [2.75, 3.05) is 18.0 Å². The molecule has 0 atom stereocenters. The molecule has 0 radical (unpaired) electrons. The molecule has 0 bridgehead atoms. The van der Waals surface area contributed by atoms with Crippen LogP contribution in [0.4, 0.5) is 5.13 Å². The van der Waals surface area contributed by atoms with Crippen LogP contribution in [0.2, 0.25) is 0 Å². The fraction of sp³-hybridized carbons (Fsp3) is 0.667. The first kappa shape index (κ1) is 14.0. The van der Waals surface area contributed by atoms with Gasteiger partial charge in [0.2, 0.25) is 0 Å². The van der Waals surface area contributed by atoms with Crippen molar-refractivity contribution in [1.29, 1.82) is 0 Å². The third kappa shape index (κ3) is 4.34. The molecule has 5 heteroatoms. The van der Waals surface area contributed by atoms with Gasteiger partial charge in [0.05, 0.1) is 12.1 Å². The highest BCUT2D eigenvalue weighted by molar-refractivity contribution is 7.13. The Bertz CT molecular complexity index is 363. The lowest BCUT2D eigenvalue weighted by atomic mass is 10.2. The van der Waals surface area contributed by atoms with Crippen LogP contribution in [-0.2, 0) is 4.79 Å². The summed E-state index contributed by atoms with van der Waals surface area (Å²) in [6, 6.07) is 0. The second-order valence-corrected chi connectivity index (χ2v) is 5.18. The second-order valence-electron chi connectivity index (χ2n) is 4.34. The highest BCUT2D eigenvalue weighted by Crippen LogP contribution is 2.25. The molecule has 0 saturated heterocycles. The Hall–Kier alpha value is -1.10. The molecule has 0 unspecified atom stereocenters. The Morgan fingerprint density at radius 3 is 2.71 bits per heavy atom. The summed E-state index contributed by atoms with van der Waals surface area (Å²) < 4.78 is 0. The number of carboxylic acids is 1. The highest BCUT2D eigenvalue weighted by atomic mass is 32.1. The van der Waals surface area contributed by atoms with Gasteiger partial charge in [-0.25, -0.2) is 4.98 Å². The lowest BCUT2D eigenvalue weighted by Gasteiger charge is -2.20. The van der Waals surface area contributed by atoms with Crippen molar-refractivity contribution in [1.82, 2.24) is 4.98 Å². The average molecular weight is 256 g/mol. The number of carbonyl (C=O) groups is 1. The molecule has 96 valence electrons. The van der Waals surface area contributed by atoms with Gasteiger partial charge < -0.3 is 10.0 Å². The molecule has 0 aliphatic rings. The molecule has 0 amide bonds. The van der Waals surface area contributed by atoms with E-state index >= 15 is 0 Å². The molecule has 4 nitrogen and oxygen atoms in total. The van der Waals surface area contributed by atoms with Gasteiger partial charge in [-0.15, -0.1) is 11.3 Å². The topological polar surface area (TPSA) is 53.4 Å². The molecule has 0 aromatic carbocycles. The van der Waals surface area contributed by atoms with E-state index in [4.69, 9.17) is 5.11 Å². The van der Waals surface area contributed by atoms with Crippen molar-refractivity contribution in [3.63, 3.8) is 0 Å². The SMILES string of the molecule is CCCN(CCC(=O)O)c1nc(C(C)C)cs1. The van der Waals surface area contributed by atoms with E-state index in [1.165, 1.54) is 0 Å². The smallest absolute Gasteiger partial charge is 0.305 e. The summed E-state index contributed by atoms with van der Waals surface area (Å²) in [5.74, 6) is -0.338. The van der Waals surface area contributed by atoms with Crippen LogP contribution in [0.1, 0.15) is 45.2 Å². The number of thiazole rings is 1. The number of aliphatic carboxylic acids is 1. The van der Waals surface area contributed by atoms with Crippen LogP contribution in [0.25, 0.3) is 0 Å². The molecule has 0 aliphatic heterocycles. The van der Waals surface area contributed by atoms with Crippen LogP contribution in [0.15, 0.2) is 5.38 Å². The van der Waals surface area contributed by atoms with Gasteiger partial charge in [0.1, 0.15) is 0 Å². The average Bonchev–Trinajstić information content (AvgIpc) is 2.73. The molecule has 1 N–H and O–H groups in total. The number of aromatic nitrogens is 1. The molecule has 1 aromatic rings. The zero-order valence-electron chi connectivity index (χ0n) is 10.6. The van der Waals surface area contributed by atoms with Crippen molar-refractivity contribution in [2.45, 2.75) is 39.5 Å². The number of hydrogen-bond acceptors (Lipinski definition) is 4. The summed E-state index contributed by atoms with van der Waals surface area (Å²) >= 11 is 1.60. The molecule has 1 heterocycles. The summed E-state index contributed by atoms with van der Waals surface area (Å²) in [5.41, 5.74) is 1.08. The zero-order chi connectivity index (χ0) is 12.8. The van der Waals surface area contributed by atoms with Crippen LogP contribution < -0.4 is 4.90 Å². The molecule has 0 saturated carbocycles. The first-order valence-electron chi connectivity index (χ1n) is 5.96. The van der Waals surface area contributed by atoms with Crippen LogP contribution in [0, 0.1) is 0 Å². The quantitative estimate of drug-likeness (QED) is 0.815. The largest absolute Gasteiger partial charge is 0.481 e. The fourth-order valence-corrected chi connectivity index (χ4v) is 2.53. The summed E-state index contributed by atoms with van der Waals surface area (Å²) in [7, 11) is 0. The van der Waals surface area contributed by atoms with Gasteiger partial charge in [-0.1, -0.05) is 20.8 Å². The van der Waals surface area contributed by atoms with Crippen molar-refractivity contribution < 1.29 is 9.90 Å². The lowest BCUT2D eigenvalue weighted by Crippen LogP contribution is -2.26. The molecule has 0 aliphatic carbocycles. The Kier molecular flexibility index (Phi) is 5.41. The van der Waals surface area contributed by atoms with E-state index in [9.17, 15) is 4.79 Å². The molecular formula is C12H20N2O2S. The zero-order valence-corrected chi connectivity index (χ0v) is 11.5. The standard InChI is InChI=1S/C12H20N2O2S/c1-4-6-14(7-5-11(15)16)12-13-10(8-17-12)9(2)3/h8-9H,4-7H2,1-3H3,(H,15,16). The molecular weight excluding hydrogens is 236 g/mol. The third-order valence-corrected chi connectivity index (χ3v) is 3.38. The highest BCUT2D eigenvalue weighted by Gasteiger charge is 2.13. The predicted molar refractivity (Wildman–Crippen MR) is 71.0 cm³/mol. The normalized spacial score (nSPS) is 10.8. The van der Waals surface area contributed by atoms with Gasteiger partial charge in [-0.05, 0) is 12.3 Å². The van der Waals surface area contributed by atoms with Gasteiger partial charge in [-0.2, -0.15) is 0 Å². The molecule has 0 fully saturated rings. The minimum Gasteiger partial charge on any atom is -0.481 e. The first-order valence-corrected chi connectivity index (χ1v) is 6.84. The first-order chi connectivity index (χ1) is 8.04. The van der Waals surface area contributed by atoms with Gasteiger partial charge in [-0.3, -0.25) is 4.79 Å². The minimum absolute atomic E-state index is 0.163. The van der Waals surface area contributed by atoms with Crippen LogP contribution >= 0.6 is 11.3 Å². The van der Waals surface area contributed by atoms with E-state index < -0.39 is 5.97 Å². The molecule has 1 rings (SSSR count). The number of anilines is 1. The van der Waals surface area contributed by atoms with Crippen molar-refractivity contribution in [3.05, 3.63) is 11.1 Å². The van der Waals surface area contributed by atoms with Crippen LogP contribution in [-0.4, -0.2) is 29.1 Å². The maximum atomic E-state index is 10.6. The molecule has 1 aromatic heterocycles. The second kappa shape index (κ2) is 6.59. The molecule has 17 heavy (non-hydrogen) atoms. The summed E-state index contributed by atoms with van der Waals surface area (Å²) in [4.78, 5) is 17.2. The van der Waals surface area contributed by atoms with Crippen molar-refractivity contribution in [3.8, 4) is 0 Å². The molecule has 0 spiro atoms. The maximum Gasteiger partial charge on any atom is 0.305 e. The minimum atomic E-state index is -0.758. The van der Waals surface area contributed by atoms with E-state index in [-0.39, 0.29) is 6.42 Å². The maximum absolute atomic E-state index is 10.6. The Balaban J connectivity index is 2.70. The van der Waals surface area contributed by atoms with Gasteiger partial charge in [0.15, 0.2) is 5.13 Å². The summed E-state index contributed by atoms with van der Waals surface area (Å²) in [6.45, 7) is 7.71. The monoisotopic (exact) mass is 256 g/mol. The van der Waals surface area contributed by atoms with E-state index in [1.807, 2.05) is 0 Å². The van der Waals surface area contributed by atoms with Gasteiger partial charge in [0.25, 0.3) is 0 Å². The van der Waals surface area contributed by atoms with E-state index in [0.717, 1.165) is 23.8 Å². The number of hydrogen-bond donors (Lipinski definition) is 1. The Morgan fingerprint density at radius 2 is 2.24 bits per heavy atom. The Morgan fingerprint density at radius 1 is 1.53 bits per heavy atom. The third-order valence-electron chi connectivity index (χ3n) is 2.46.